The van der Waals surface area contributed by atoms with Gasteiger partial charge in [0.2, 0.25) is 0 Å². The SMILES string of the molecule is CCCCCCc1ccc(C2=CCc3cc4ccc(-c5ccc(CCCCCC)s5)cc4cc3C=C2)s1. The number of thiophene rings is 2. The number of fused-ring (bicyclic) bond motifs is 2. The lowest BCUT2D eigenvalue weighted by molar-refractivity contribution is 0.670. The van der Waals surface area contributed by atoms with Gasteiger partial charge in [-0.1, -0.05) is 88.8 Å². The number of allylic oxidation sites excluding steroid dienone is 3. The largest absolute Gasteiger partial charge is 0.140 e. The van der Waals surface area contributed by atoms with Gasteiger partial charge >= 0.3 is 0 Å². The standard InChI is InChI=1S/C35H40S2/c1-3-5-7-9-11-32-19-21-34(36-32)26-13-15-27-23-29-17-18-30(25-31(29)24-28(27)16-14-26)35-22-20-33(37-35)12-10-8-6-4-2/h13-14,16-25H,3-12,15H2,1-2H3. The van der Waals surface area contributed by atoms with Crippen LogP contribution in [0.4, 0.5) is 0 Å². The first-order valence-electron chi connectivity index (χ1n) is 14.4. The minimum Gasteiger partial charge on any atom is -0.140 e. The first-order chi connectivity index (χ1) is 18.2. The molecule has 2 aromatic heterocycles. The Kier molecular flexibility index (Phi) is 9.13. The van der Waals surface area contributed by atoms with Crippen molar-refractivity contribution in [2.24, 2.45) is 0 Å². The van der Waals surface area contributed by atoms with Crippen molar-refractivity contribution in [2.45, 2.75) is 84.5 Å². The van der Waals surface area contributed by atoms with E-state index in [-0.39, 0.29) is 0 Å². The molecule has 4 aromatic rings. The fourth-order valence-corrected chi connectivity index (χ4v) is 7.40. The Balaban J connectivity index is 1.30. The predicted octanol–water partition coefficient (Wildman–Crippen LogP) is 11.5. The molecule has 0 aliphatic heterocycles. The molecule has 2 aromatic carbocycles. The van der Waals surface area contributed by atoms with E-state index in [1.54, 1.807) is 0 Å². The molecule has 0 spiro atoms. The minimum absolute atomic E-state index is 0.991. The first-order valence-corrected chi connectivity index (χ1v) is 16.0. The summed E-state index contributed by atoms with van der Waals surface area (Å²) >= 11 is 3.95. The first kappa shape index (κ1) is 26.2. The maximum absolute atomic E-state index is 2.42. The van der Waals surface area contributed by atoms with Crippen LogP contribution in [-0.4, -0.2) is 0 Å². The lowest BCUT2D eigenvalue weighted by Crippen LogP contribution is -1.88. The number of hydrogen-bond donors (Lipinski definition) is 0. The molecule has 2 heteroatoms. The smallest absolute Gasteiger partial charge is 0.0345 e. The van der Waals surface area contributed by atoms with Gasteiger partial charge < -0.3 is 0 Å². The summed E-state index contributed by atoms with van der Waals surface area (Å²) in [6.07, 6.45) is 21.2. The van der Waals surface area contributed by atoms with Gasteiger partial charge in [0.1, 0.15) is 0 Å². The molecule has 192 valence electrons. The van der Waals surface area contributed by atoms with E-state index in [9.17, 15) is 0 Å². The maximum Gasteiger partial charge on any atom is 0.0345 e. The molecule has 2 heterocycles. The van der Waals surface area contributed by atoms with Crippen LogP contribution in [0.5, 0.6) is 0 Å². The lowest BCUT2D eigenvalue weighted by atomic mass is 9.97. The van der Waals surface area contributed by atoms with Crippen LogP contribution in [0.25, 0.3) is 32.9 Å². The van der Waals surface area contributed by atoms with Crippen molar-refractivity contribution in [2.75, 3.05) is 0 Å². The Morgan fingerprint density at radius 1 is 0.622 bits per heavy atom. The van der Waals surface area contributed by atoms with Crippen LogP contribution >= 0.6 is 22.7 Å². The zero-order valence-corrected chi connectivity index (χ0v) is 24.2. The second-order valence-electron chi connectivity index (χ2n) is 10.5. The highest BCUT2D eigenvalue weighted by Gasteiger charge is 2.11. The Morgan fingerprint density at radius 3 is 2.05 bits per heavy atom. The third kappa shape index (κ3) is 6.72. The Labute approximate surface area is 231 Å². The van der Waals surface area contributed by atoms with Gasteiger partial charge in [0.15, 0.2) is 0 Å². The summed E-state index contributed by atoms with van der Waals surface area (Å²) in [5, 5.41) is 2.68. The maximum atomic E-state index is 2.42. The van der Waals surface area contributed by atoms with Gasteiger partial charge in [-0.15, -0.1) is 22.7 Å². The second kappa shape index (κ2) is 12.9. The summed E-state index contributed by atoms with van der Waals surface area (Å²) in [7, 11) is 0. The van der Waals surface area contributed by atoms with Crippen molar-refractivity contribution in [3.63, 3.8) is 0 Å². The van der Waals surface area contributed by atoms with Gasteiger partial charge in [-0.25, -0.2) is 0 Å². The number of hydrogen-bond acceptors (Lipinski definition) is 2. The van der Waals surface area contributed by atoms with Crippen LogP contribution in [0.1, 0.15) is 91.0 Å². The average molecular weight is 525 g/mol. The van der Waals surface area contributed by atoms with E-state index in [1.807, 2.05) is 22.7 Å². The molecule has 0 N–H and O–H groups in total. The van der Waals surface area contributed by atoms with Crippen LogP contribution in [0.15, 0.2) is 66.7 Å². The van der Waals surface area contributed by atoms with E-state index in [2.05, 4.69) is 86.7 Å². The van der Waals surface area contributed by atoms with Crippen molar-refractivity contribution >= 4 is 45.1 Å². The van der Waals surface area contributed by atoms with Crippen molar-refractivity contribution in [3.8, 4) is 10.4 Å². The van der Waals surface area contributed by atoms with E-state index in [0.717, 1.165) is 6.42 Å². The average Bonchev–Trinajstić information content (AvgIpc) is 3.54. The van der Waals surface area contributed by atoms with Crippen LogP contribution in [0.2, 0.25) is 0 Å². The molecular weight excluding hydrogens is 485 g/mol. The molecule has 0 atom stereocenters. The molecular formula is C35H40S2. The third-order valence-corrected chi connectivity index (χ3v) is 9.92. The Bertz CT molecular complexity index is 1380. The zero-order chi connectivity index (χ0) is 25.5. The van der Waals surface area contributed by atoms with Gasteiger partial charge in [0.05, 0.1) is 0 Å². The lowest BCUT2D eigenvalue weighted by Gasteiger charge is -2.08. The molecule has 0 saturated carbocycles. The van der Waals surface area contributed by atoms with Gasteiger partial charge in [-0.2, -0.15) is 0 Å². The van der Waals surface area contributed by atoms with Crippen LogP contribution in [-0.2, 0) is 19.3 Å². The minimum atomic E-state index is 0.991. The molecule has 5 rings (SSSR count). The van der Waals surface area contributed by atoms with Crippen molar-refractivity contribution in [3.05, 3.63) is 92.5 Å². The predicted molar refractivity (Wildman–Crippen MR) is 168 cm³/mol. The van der Waals surface area contributed by atoms with E-state index >= 15 is 0 Å². The fourth-order valence-electron chi connectivity index (χ4n) is 5.28. The van der Waals surface area contributed by atoms with E-state index in [0.29, 0.717) is 0 Å². The molecule has 37 heavy (non-hydrogen) atoms. The summed E-state index contributed by atoms with van der Waals surface area (Å²) in [4.78, 5) is 5.85. The van der Waals surface area contributed by atoms with E-state index in [1.165, 1.54) is 117 Å². The zero-order valence-electron chi connectivity index (χ0n) is 22.5. The van der Waals surface area contributed by atoms with Crippen molar-refractivity contribution in [1.82, 2.24) is 0 Å². The molecule has 0 amide bonds. The summed E-state index contributed by atoms with van der Waals surface area (Å²) in [5.41, 5.74) is 5.50. The highest BCUT2D eigenvalue weighted by atomic mass is 32.1. The number of aryl methyl sites for hydroxylation is 2. The van der Waals surface area contributed by atoms with Crippen molar-refractivity contribution in [1.29, 1.82) is 0 Å². The van der Waals surface area contributed by atoms with E-state index in [4.69, 9.17) is 0 Å². The van der Waals surface area contributed by atoms with Crippen LogP contribution < -0.4 is 0 Å². The normalized spacial score (nSPS) is 13.1. The number of unbranched alkanes of at least 4 members (excludes halogenated alkanes) is 6. The molecule has 0 unspecified atom stereocenters. The molecule has 1 aliphatic carbocycles. The number of benzene rings is 2. The second-order valence-corrected chi connectivity index (χ2v) is 12.8. The quantitative estimate of drug-likeness (QED) is 0.162. The summed E-state index contributed by atoms with van der Waals surface area (Å²) in [5.74, 6) is 0. The molecule has 0 fully saturated rings. The van der Waals surface area contributed by atoms with Crippen LogP contribution in [0, 0.1) is 0 Å². The van der Waals surface area contributed by atoms with Gasteiger partial charge in [0, 0.05) is 19.5 Å². The third-order valence-electron chi connectivity index (χ3n) is 7.53. The van der Waals surface area contributed by atoms with Gasteiger partial charge in [0.25, 0.3) is 0 Å². The summed E-state index contributed by atoms with van der Waals surface area (Å²) in [6.45, 7) is 4.56. The monoisotopic (exact) mass is 524 g/mol. The summed E-state index contributed by atoms with van der Waals surface area (Å²) < 4.78 is 0. The topological polar surface area (TPSA) is 0 Å². The Hall–Kier alpha value is -2.42. The molecule has 0 nitrogen and oxygen atoms in total. The molecule has 0 radical (unpaired) electrons. The fraction of sp³-hybridized carbons (Fsp3) is 0.371. The Morgan fingerprint density at radius 2 is 1.32 bits per heavy atom. The molecule has 1 aliphatic rings. The van der Waals surface area contributed by atoms with Gasteiger partial charge in [-0.3, -0.25) is 0 Å². The van der Waals surface area contributed by atoms with E-state index < -0.39 is 0 Å². The van der Waals surface area contributed by atoms with Crippen LogP contribution in [0.3, 0.4) is 0 Å². The highest BCUT2D eigenvalue weighted by molar-refractivity contribution is 7.15. The van der Waals surface area contributed by atoms with Crippen molar-refractivity contribution < 1.29 is 0 Å². The number of rotatable bonds is 12. The van der Waals surface area contributed by atoms with Gasteiger partial charge in [-0.05, 0) is 102 Å². The molecule has 0 bridgehead atoms. The molecule has 0 saturated heterocycles. The highest BCUT2D eigenvalue weighted by Crippen LogP contribution is 2.34. The summed E-state index contributed by atoms with van der Waals surface area (Å²) in [6, 6.07) is 21.1.